The molecule has 3 heteroatoms. The van der Waals surface area contributed by atoms with Crippen LogP contribution in [0.5, 0.6) is 5.75 Å². The molecule has 0 saturated heterocycles. The van der Waals surface area contributed by atoms with E-state index in [9.17, 15) is 0 Å². The van der Waals surface area contributed by atoms with E-state index in [4.69, 9.17) is 10.5 Å². The molecule has 0 unspecified atom stereocenters. The molecule has 2 N–H and O–H groups in total. The van der Waals surface area contributed by atoms with Gasteiger partial charge < -0.3 is 10.5 Å². The summed E-state index contributed by atoms with van der Waals surface area (Å²) in [5.41, 5.74) is 8.87. The van der Waals surface area contributed by atoms with E-state index >= 15 is 0 Å². The second-order valence-electron chi connectivity index (χ2n) is 3.68. The summed E-state index contributed by atoms with van der Waals surface area (Å²) in [7, 11) is 1.63. The minimum absolute atomic E-state index is 0.466. The Kier molecular flexibility index (Phi) is 2.77. The molecule has 0 spiro atoms. The smallest absolute Gasteiger partial charge is 0.131 e. The SMILES string of the molecule is COc1cc(N)ncc1-c1cccc(C)c1. The monoisotopic (exact) mass is 214 g/mol. The van der Waals surface area contributed by atoms with Crippen molar-refractivity contribution in [3.05, 3.63) is 42.1 Å². The van der Waals surface area contributed by atoms with E-state index in [2.05, 4.69) is 24.0 Å². The van der Waals surface area contributed by atoms with E-state index in [0.29, 0.717) is 5.82 Å². The Morgan fingerprint density at radius 3 is 2.75 bits per heavy atom. The van der Waals surface area contributed by atoms with Crippen LogP contribution in [-0.4, -0.2) is 12.1 Å². The molecule has 3 nitrogen and oxygen atoms in total. The van der Waals surface area contributed by atoms with E-state index in [-0.39, 0.29) is 0 Å². The van der Waals surface area contributed by atoms with Crippen molar-refractivity contribution in [3.8, 4) is 16.9 Å². The van der Waals surface area contributed by atoms with Crippen LogP contribution in [0.1, 0.15) is 5.56 Å². The predicted octanol–water partition coefficient (Wildman–Crippen LogP) is 2.65. The molecule has 0 bridgehead atoms. The first kappa shape index (κ1) is 10.5. The molecule has 2 rings (SSSR count). The van der Waals surface area contributed by atoms with Crippen molar-refractivity contribution in [3.63, 3.8) is 0 Å². The molecule has 0 atom stereocenters. The van der Waals surface area contributed by atoms with Crippen LogP contribution in [0.15, 0.2) is 36.5 Å². The van der Waals surface area contributed by atoms with Gasteiger partial charge in [0.2, 0.25) is 0 Å². The highest BCUT2D eigenvalue weighted by Crippen LogP contribution is 2.30. The minimum Gasteiger partial charge on any atom is -0.496 e. The molecule has 1 aromatic carbocycles. The molecule has 0 amide bonds. The molecule has 82 valence electrons. The van der Waals surface area contributed by atoms with Crippen LogP contribution in [0.3, 0.4) is 0 Å². The maximum absolute atomic E-state index is 5.62. The van der Waals surface area contributed by atoms with Gasteiger partial charge in [0.05, 0.1) is 7.11 Å². The van der Waals surface area contributed by atoms with Crippen molar-refractivity contribution in [2.75, 3.05) is 12.8 Å². The molecule has 0 aliphatic rings. The normalized spacial score (nSPS) is 10.1. The number of anilines is 1. The van der Waals surface area contributed by atoms with Crippen molar-refractivity contribution in [2.45, 2.75) is 6.92 Å². The van der Waals surface area contributed by atoms with Gasteiger partial charge in [-0.25, -0.2) is 4.98 Å². The Bertz CT molecular complexity index is 509. The number of ether oxygens (including phenoxy) is 1. The van der Waals surface area contributed by atoms with Gasteiger partial charge in [-0.15, -0.1) is 0 Å². The van der Waals surface area contributed by atoms with Crippen molar-refractivity contribution in [1.29, 1.82) is 0 Å². The fourth-order valence-electron chi connectivity index (χ4n) is 1.65. The fraction of sp³-hybridized carbons (Fsp3) is 0.154. The van der Waals surface area contributed by atoms with E-state index in [1.807, 2.05) is 12.1 Å². The number of aryl methyl sites for hydroxylation is 1. The molecule has 16 heavy (non-hydrogen) atoms. The van der Waals surface area contributed by atoms with Crippen LogP contribution in [0.25, 0.3) is 11.1 Å². The zero-order valence-electron chi connectivity index (χ0n) is 9.40. The average Bonchev–Trinajstić information content (AvgIpc) is 2.28. The summed E-state index contributed by atoms with van der Waals surface area (Å²) in [6.07, 6.45) is 1.74. The summed E-state index contributed by atoms with van der Waals surface area (Å²) in [5, 5.41) is 0. The Labute approximate surface area is 94.9 Å². The van der Waals surface area contributed by atoms with Crippen molar-refractivity contribution in [1.82, 2.24) is 4.98 Å². The van der Waals surface area contributed by atoms with Gasteiger partial charge in [0, 0.05) is 17.8 Å². The van der Waals surface area contributed by atoms with Gasteiger partial charge >= 0.3 is 0 Å². The standard InChI is InChI=1S/C13H14N2O/c1-9-4-3-5-10(6-9)11-8-15-13(14)7-12(11)16-2/h3-8H,1-2H3,(H2,14,15). The van der Waals surface area contributed by atoms with E-state index in [1.54, 1.807) is 19.4 Å². The van der Waals surface area contributed by atoms with Crippen LogP contribution in [0.2, 0.25) is 0 Å². The molecule has 1 heterocycles. The zero-order valence-corrected chi connectivity index (χ0v) is 9.40. The van der Waals surface area contributed by atoms with E-state index < -0.39 is 0 Å². The number of hydrogen-bond acceptors (Lipinski definition) is 3. The topological polar surface area (TPSA) is 48.1 Å². The lowest BCUT2D eigenvalue weighted by atomic mass is 10.0. The summed E-state index contributed by atoms with van der Waals surface area (Å²) in [6, 6.07) is 9.93. The first-order valence-electron chi connectivity index (χ1n) is 5.07. The summed E-state index contributed by atoms with van der Waals surface area (Å²) < 4.78 is 5.30. The Balaban J connectivity index is 2.55. The first-order valence-corrected chi connectivity index (χ1v) is 5.07. The van der Waals surface area contributed by atoms with Crippen molar-refractivity contribution < 1.29 is 4.74 Å². The van der Waals surface area contributed by atoms with Gasteiger partial charge in [-0.1, -0.05) is 29.8 Å². The molecule has 0 radical (unpaired) electrons. The Morgan fingerprint density at radius 1 is 1.25 bits per heavy atom. The molecule has 2 aromatic rings. The zero-order chi connectivity index (χ0) is 11.5. The largest absolute Gasteiger partial charge is 0.496 e. The fourth-order valence-corrected chi connectivity index (χ4v) is 1.65. The van der Waals surface area contributed by atoms with Crippen LogP contribution in [-0.2, 0) is 0 Å². The number of benzene rings is 1. The van der Waals surface area contributed by atoms with E-state index in [0.717, 1.165) is 16.9 Å². The number of nitrogens with zero attached hydrogens (tertiary/aromatic N) is 1. The van der Waals surface area contributed by atoms with Gasteiger partial charge in [-0.05, 0) is 12.5 Å². The average molecular weight is 214 g/mol. The first-order chi connectivity index (χ1) is 7.70. The number of hydrogen-bond donors (Lipinski definition) is 1. The van der Waals surface area contributed by atoms with Crippen LogP contribution < -0.4 is 10.5 Å². The van der Waals surface area contributed by atoms with Crippen LogP contribution >= 0.6 is 0 Å². The second-order valence-corrected chi connectivity index (χ2v) is 3.68. The molecule has 0 aliphatic carbocycles. The third-order valence-corrected chi connectivity index (χ3v) is 2.44. The number of rotatable bonds is 2. The molecular formula is C13H14N2O. The molecule has 1 aromatic heterocycles. The molecule has 0 aliphatic heterocycles. The highest BCUT2D eigenvalue weighted by atomic mass is 16.5. The highest BCUT2D eigenvalue weighted by molar-refractivity contribution is 5.71. The van der Waals surface area contributed by atoms with Crippen LogP contribution in [0.4, 0.5) is 5.82 Å². The lowest BCUT2D eigenvalue weighted by molar-refractivity contribution is 0.416. The Morgan fingerprint density at radius 2 is 2.06 bits per heavy atom. The summed E-state index contributed by atoms with van der Waals surface area (Å²) >= 11 is 0. The second kappa shape index (κ2) is 4.23. The quantitative estimate of drug-likeness (QED) is 0.836. The summed E-state index contributed by atoms with van der Waals surface area (Å²) in [5.74, 6) is 1.21. The number of methoxy groups -OCH3 is 1. The lowest BCUT2D eigenvalue weighted by Crippen LogP contribution is -1.94. The third-order valence-electron chi connectivity index (χ3n) is 2.44. The van der Waals surface area contributed by atoms with Crippen molar-refractivity contribution >= 4 is 5.82 Å². The third kappa shape index (κ3) is 1.98. The van der Waals surface area contributed by atoms with Crippen LogP contribution in [0, 0.1) is 6.92 Å². The van der Waals surface area contributed by atoms with Gasteiger partial charge in [-0.3, -0.25) is 0 Å². The van der Waals surface area contributed by atoms with E-state index in [1.165, 1.54) is 5.56 Å². The molecule has 0 fully saturated rings. The minimum atomic E-state index is 0.466. The lowest BCUT2D eigenvalue weighted by Gasteiger charge is -2.09. The highest BCUT2D eigenvalue weighted by Gasteiger charge is 2.06. The predicted molar refractivity (Wildman–Crippen MR) is 65.4 cm³/mol. The van der Waals surface area contributed by atoms with Gasteiger partial charge in [0.15, 0.2) is 0 Å². The number of nitrogens with two attached hydrogens (primary N) is 1. The summed E-state index contributed by atoms with van der Waals surface area (Å²) in [6.45, 7) is 2.06. The number of pyridine rings is 1. The maximum atomic E-state index is 5.62. The van der Waals surface area contributed by atoms with Gasteiger partial charge in [0.25, 0.3) is 0 Å². The number of aromatic nitrogens is 1. The van der Waals surface area contributed by atoms with Crippen molar-refractivity contribution in [2.24, 2.45) is 0 Å². The summed E-state index contributed by atoms with van der Waals surface area (Å²) in [4.78, 5) is 4.09. The molecular weight excluding hydrogens is 200 g/mol. The number of nitrogen functional groups attached to an aromatic ring is 1. The molecule has 0 saturated carbocycles. The maximum Gasteiger partial charge on any atom is 0.131 e. The van der Waals surface area contributed by atoms with Gasteiger partial charge in [-0.2, -0.15) is 0 Å². The van der Waals surface area contributed by atoms with Gasteiger partial charge in [0.1, 0.15) is 11.6 Å². The Hall–Kier alpha value is -2.03.